The molecule has 0 unspecified atom stereocenters. The van der Waals surface area contributed by atoms with Crippen molar-refractivity contribution in [3.8, 4) is 0 Å². The third kappa shape index (κ3) is 6.04. The van der Waals surface area contributed by atoms with E-state index in [0.29, 0.717) is 37.1 Å². The summed E-state index contributed by atoms with van der Waals surface area (Å²) in [6, 6.07) is -0.148. The van der Waals surface area contributed by atoms with Crippen LogP contribution in [0, 0.1) is 5.92 Å². The molecule has 0 saturated carbocycles. The van der Waals surface area contributed by atoms with Crippen molar-refractivity contribution in [1.29, 1.82) is 0 Å². The normalized spacial score (nSPS) is 11.7. The average Bonchev–Trinajstić information content (AvgIpc) is 2.77. The highest BCUT2D eigenvalue weighted by Crippen LogP contribution is 2.19. The first-order chi connectivity index (χ1) is 9.29. The molecule has 1 aromatic heterocycles. The molecule has 0 bridgehead atoms. The molecule has 6 heteroatoms. The number of urea groups is 1. The summed E-state index contributed by atoms with van der Waals surface area (Å²) >= 11 is 0. The molecule has 0 radical (unpaired) electrons. The van der Waals surface area contributed by atoms with E-state index in [2.05, 4.69) is 34.6 Å². The van der Waals surface area contributed by atoms with E-state index >= 15 is 0 Å². The van der Waals surface area contributed by atoms with Crippen LogP contribution in [0.3, 0.4) is 0 Å². The first-order valence-corrected chi connectivity index (χ1v) is 7.14. The van der Waals surface area contributed by atoms with E-state index in [-0.39, 0.29) is 11.4 Å². The minimum atomic E-state index is -0.148. The number of aromatic nitrogens is 2. The molecule has 6 nitrogen and oxygen atoms in total. The highest BCUT2D eigenvalue weighted by atomic mass is 16.5. The Balaban J connectivity index is 2.24. The van der Waals surface area contributed by atoms with Gasteiger partial charge in [0.2, 0.25) is 5.89 Å². The number of rotatable bonds is 6. The van der Waals surface area contributed by atoms with Crippen molar-refractivity contribution in [2.75, 3.05) is 13.1 Å². The maximum atomic E-state index is 11.5. The van der Waals surface area contributed by atoms with Gasteiger partial charge in [0.05, 0.1) is 0 Å². The lowest BCUT2D eigenvalue weighted by Gasteiger charge is -2.10. The maximum Gasteiger partial charge on any atom is 0.314 e. The third-order valence-corrected chi connectivity index (χ3v) is 2.75. The highest BCUT2D eigenvalue weighted by molar-refractivity contribution is 5.73. The maximum absolute atomic E-state index is 11.5. The Kier molecular flexibility index (Phi) is 5.98. The first-order valence-electron chi connectivity index (χ1n) is 7.14. The summed E-state index contributed by atoms with van der Waals surface area (Å²) in [4.78, 5) is 15.8. The van der Waals surface area contributed by atoms with Gasteiger partial charge in [-0.1, -0.05) is 39.8 Å². The van der Waals surface area contributed by atoms with Crippen molar-refractivity contribution in [2.45, 2.75) is 52.9 Å². The zero-order chi connectivity index (χ0) is 15.2. The van der Waals surface area contributed by atoms with E-state index in [1.54, 1.807) is 0 Å². The fourth-order valence-corrected chi connectivity index (χ4v) is 1.48. The van der Waals surface area contributed by atoms with Gasteiger partial charge in [0.1, 0.15) is 0 Å². The molecular weight excluding hydrogens is 256 g/mol. The summed E-state index contributed by atoms with van der Waals surface area (Å²) in [6.07, 6.45) is 1.55. The largest absolute Gasteiger partial charge is 0.339 e. The van der Waals surface area contributed by atoms with E-state index in [1.807, 2.05) is 20.8 Å². The minimum Gasteiger partial charge on any atom is -0.339 e. The number of hydrogen-bond donors (Lipinski definition) is 2. The molecule has 1 aromatic rings. The van der Waals surface area contributed by atoms with Crippen molar-refractivity contribution in [2.24, 2.45) is 5.92 Å². The molecular formula is C14H26N4O2. The second kappa shape index (κ2) is 7.26. The summed E-state index contributed by atoms with van der Waals surface area (Å²) in [7, 11) is 0. The van der Waals surface area contributed by atoms with Crippen LogP contribution in [-0.4, -0.2) is 29.3 Å². The smallest absolute Gasteiger partial charge is 0.314 e. The molecule has 0 aliphatic heterocycles. The van der Waals surface area contributed by atoms with Crippen molar-refractivity contribution in [3.05, 3.63) is 11.7 Å². The Morgan fingerprint density at radius 3 is 2.45 bits per heavy atom. The van der Waals surface area contributed by atoms with E-state index in [0.717, 1.165) is 6.42 Å². The molecule has 1 heterocycles. The third-order valence-electron chi connectivity index (χ3n) is 2.75. The summed E-state index contributed by atoms with van der Waals surface area (Å²) in [6.45, 7) is 11.5. The first kappa shape index (κ1) is 16.5. The number of nitrogens with one attached hydrogen (secondary N) is 2. The summed E-state index contributed by atoms with van der Waals surface area (Å²) in [5.41, 5.74) is -0.146. The van der Waals surface area contributed by atoms with Gasteiger partial charge >= 0.3 is 6.03 Å². The Morgan fingerprint density at radius 2 is 1.90 bits per heavy atom. The van der Waals surface area contributed by atoms with Crippen LogP contribution >= 0.6 is 0 Å². The molecule has 0 atom stereocenters. The molecule has 1 rings (SSSR count). The number of amides is 2. The fourth-order valence-electron chi connectivity index (χ4n) is 1.48. The Labute approximate surface area is 120 Å². The molecule has 0 aliphatic rings. The molecule has 0 saturated heterocycles. The van der Waals surface area contributed by atoms with Crippen molar-refractivity contribution in [1.82, 2.24) is 20.8 Å². The van der Waals surface area contributed by atoms with E-state index in [1.165, 1.54) is 0 Å². The van der Waals surface area contributed by atoms with Gasteiger partial charge in [0, 0.05) is 24.9 Å². The second-order valence-electron chi connectivity index (χ2n) is 6.38. The van der Waals surface area contributed by atoms with Gasteiger partial charge in [-0.15, -0.1) is 0 Å². The van der Waals surface area contributed by atoms with Gasteiger partial charge in [0.15, 0.2) is 5.82 Å². The Hall–Kier alpha value is -1.59. The van der Waals surface area contributed by atoms with Crippen LogP contribution < -0.4 is 10.6 Å². The molecule has 2 N–H and O–H groups in total. The van der Waals surface area contributed by atoms with Crippen molar-refractivity contribution < 1.29 is 9.32 Å². The van der Waals surface area contributed by atoms with Gasteiger partial charge in [-0.25, -0.2) is 4.79 Å². The van der Waals surface area contributed by atoms with Gasteiger partial charge < -0.3 is 15.2 Å². The number of carbonyl (C=O) groups is 1. The lowest BCUT2D eigenvalue weighted by Crippen LogP contribution is -2.37. The summed E-state index contributed by atoms with van der Waals surface area (Å²) in [5.74, 6) is 1.83. The number of nitrogens with zero attached hydrogens (tertiary/aromatic N) is 2. The SMILES string of the molecule is CC(C)CCNC(=O)NCCc1noc(C(C)(C)C)n1. The van der Waals surface area contributed by atoms with Crippen LogP contribution in [0.15, 0.2) is 4.52 Å². The van der Waals surface area contributed by atoms with Crippen LogP contribution in [0.4, 0.5) is 4.79 Å². The average molecular weight is 282 g/mol. The standard InChI is InChI=1S/C14H26N4O2/c1-10(2)6-8-15-13(19)16-9-7-11-17-12(20-18-11)14(3,4)5/h10H,6-9H2,1-5H3,(H2,15,16,19). The predicted octanol–water partition coefficient (Wildman–Crippen LogP) is 2.25. The van der Waals surface area contributed by atoms with E-state index in [9.17, 15) is 4.79 Å². The van der Waals surface area contributed by atoms with Crippen LogP contribution in [0.2, 0.25) is 0 Å². The fraction of sp³-hybridized carbons (Fsp3) is 0.786. The summed E-state index contributed by atoms with van der Waals surface area (Å²) in [5, 5.41) is 9.50. The molecule has 0 spiro atoms. The van der Waals surface area contributed by atoms with Crippen LogP contribution in [0.1, 0.15) is 52.8 Å². The number of hydrogen-bond acceptors (Lipinski definition) is 4. The van der Waals surface area contributed by atoms with Gasteiger partial charge in [0.25, 0.3) is 0 Å². The van der Waals surface area contributed by atoms with E-state index < -0.39 is 0 Å². The van der Waals surface area contributed by atoms with Gasteiger partial charge in [-0.05, 0) is 12.3 Å². The Bertz CT molecular complexity index is 421. The van der Waals surface area contributed by atoms with E-state index in [4.69, 9.17) is 4.52 Å². The lowest BCUT2D eigenvalue weighted by atomic mass is 9.97. The number of carbonyl (C=O) groups excluding carboxylic acids is 1. The predicted molar refractivity (Wildman–Crippen MR) is 77.6 cm³/mol. The molecule has 0 fully saturated rings. The molecule has 114 valence electrons. The van der Waals surface area contributed by atoms with Gasteiger partial charge in [-0.3, -0.25) is 0 Å². The topological polar surface area (TPSA) is 80.0 Å². The van der Waals surface area contributed by atoms with Crippen molar-refractivity contribution >= 4 is 6.03 Å². The van der Waals surface area contributed by atoms with Crippen LogP contribution in [0.5, 0.6) is 0 Å². The monoisotopic (exact) mass is 282 g/mol. The molecule has 2 amide bonds. The zero-order valence-corrected chi connectivity index (χ0v) is 13.1. The quantitative estimate of drug-likeness (QED) is 0.838. The minimum absolute atomic E-state index is 0.146. The zero-order valence-electron chi connectivity index (χ0n) is 13.1. The molecule has 20 heavy (non-hydrogen) atoms. The van der Waals surface area contributed by atoms with Crippen molar-refractivity contribution in [3.63, 3.8) is 0 Å². The molecule has 0 aromatic carbocycles. The van der Waals surface area contributed by atoms with Crippen LogP contribution in [-0.2, 0) is 11.8 Å². The lowest BCUT2D eigenvalue weighted by molar-refractivity contribution is 0.240. The van der Waals surface area contributed by atoms with Crippen LogP contribution in [0.25, 0.3) is 0 Å². The highest BCUT2D eigenvalue weighted by Gasteiger charge is 2.21. The van der Waals surface area contributed by atoms with Gasteiger partial charge in [-0.2, -0.15) is 4.98 Å². The Morgan fingerprint density at radius 1 is 1.25 bits per heavy atom. The molecule has 0 aliphatic carbocycles. The summed E-state index contributed by atoms with van der Waals surface area (Å²) < 4.78 is 5.19. The second-order valence-corrected chi connectivity index (χ2v) is 6.38.